The van der Waals surface area contributed by atoms with Crippen molar-refractivity contribution >= 4 is 11.9 Å². The summed E-state index contributed by atoms with van der Waals surface area (Å²) >= 11 is 0. The van der Waals surface area contributed by atoms with Crippen LogP contribution in [0.15, 0.2) is 12.2 Å². The second-order valence-corrected chi connectivity index (χ2v) is 6.14. The minimum atomic E-state index is -0.520. The van der Waals surface area contributed by atoms with Gasteiger partial charge in [-0.2, -0.15) is 0 Å². The van der Waals surface area contributed by atoms with Gasteiger partial charge in [-0.15, -0.1) is 0 Å². The van der Waals surface area contributed by atoms with Crippen LogP contribution < -0.4 is 5.32 Å². The van der Waals surface area contributed by atoms with Crippen molar-refractivity contribution in [3.05, 3.63) is 12.2 Å². The number of hydrogen-bond acceptors (Lipinski definition) is 3. The average molecular weight is 253 g/mol. The van der Waals surface area contributed by atoms with Crippen LogP contribution >= 0.6 is 0 Å². The number of Topliss-reactive ketones (excluding diaryl/α,β-unsaturated/α-hetero) is 1. The molecule has 0 atom stereocenters. The van der Waals surface area contributed by atoms with E-state index in [1.807, 2.05) is 20.8 Å². The van der Waals surface area contributed by atoms with Crippen molar-refractivity contribution in [3.63, 3.8) is 0 Å². The fourth-order valence-corrected chi connectivity index (χ4v) is 1.93. The summed E-state index contributed by atoms with van der Waals surface area (Å²) in [5.41, 5.74) is -0.404. The van der Waals surface area contributed by atoms with Gasteiger partial charge in [0.1, 0.15) is 5.60 Å². The number of rotatable bonds is 4. The van der Waals surface area contributed by atoms with Gasteiger partial charge in [-0.1, -0.05) is 6.58 Å². The molecule has 1 saturated carbocycles. The van der Waals surface area contributed by atoms with E-state index in [1.165, 1.54) is 0 Å². The van der Waals surface area contributed by atoms with Crippen LogP contribution in [-0.2, 0) is 9.53 Å². The number of alkyl carbamates (subject to hydrolysis) is 1. The Labute approximate surface area is 109 Å². The monoisotopic (exact) mass is 253 g/mol. The van der Waals surface area contributed by atoms with Crippen LogP contribution in [0.2, 0.25) is 0 Å². The maximum Gasteiger partial charge on any atom is 0.408 e. The number of allylic oxidation sites excluding steroid dienone is 1. The van der Waals surface area contributed by atoms with Crippen molar-refractivity contribution in [2.45, 2.75) is 64.5 Å². The third-order valence-electron chi connectivity index (χ3n) is 3.05. The predicted octanol–water partition coefficient (Wildman–Crippen LogP) is 2.97. The smallest absolute Gasteiger partial charge is 0.408 e. The van der Waals surface area contributed by atoms with Gasteiger partial charge in [0.2, 0.25) is 0 Å². The van der Waals surface area contributed by atoms with E-state index >= 15 is 0 Å². The lowest BCUT2D eigenvalue weighted by Crippen LogP contribution is -2.55. The SMILES string of the molecule is C=C(C)C(=O)CC1(NC(=O)OC(C)(C)C)CCC1. The van der Waals surface area contributed by atoms with Crippen LogP contribution in [0.25, 0.3) is 0 Å². The van der Waals surface area contributed by atoms with Gasteiger partial charge >= 0.3 is 6.09 Å². The Morgan fingerprint density at radius 3 is 2.22 bits per heavy atom. The number of ether oxygens (including phenoxy) is 1. The number of carbonyl (C=O) groups excluding carboxylic acids is 2. The second kappa shape index (κ2) is 5.12. The van der Waals surface area contributed by atoms with Gasteiger partial charge in [-0.05, 0) is 52.5 Å². The Hall–Kier alpha value is -1.32. The third-order valence-corrected chi connectivity index (χ3v) is 3.05. The lowest BCUT2D eigenvalue weighted by Gasteiger charge is -2.42. The normalized spacial score (nSPS) is 17.6. The molecule has 0 aromatic heterocycles. The molecule has 1 aliphatic rings. The molecule has 102 valence electrons. The molecule has 18 heavy (non-hydrogen) atoms. The minimum Gasteiger partial charge on any atom is -0.444 e. The molecule has 1 N–H and O–H groups in total. The molecule has 4 heteroatoms. The van der Waals surface area contributed by atoms with E-state index in [9.17, 15) is 9.59 Å². The van der Waals surface area contributed by atoms with Crippen LogP contribution in [0.5, 0.6) is 0 Å². The van der Waals surface area contributed by atoms with Crippen LogP contribution in [-0.4, -0.2) is 23.0 Å². The molecular weight excluding hydrogens is 230 g/mol. The Balaban J connectivity index is 2.58. The van der Waals surface area contributed by atoms with Gasteiger partial charge in [0, 0.05) is 6.42 Å². The van der Waals surface area contributed by atoms with E-state index in [2.05, 4.69) is 11.9 Å². The largest absolute Gasteiger partial charge is 0.444 e. The Morgan fingerprint density at radius 2 is 1.89 bits per heavy atom. The summed E-state index contributed by atoms with van der Waals surface area (Å²) in [6.45, 7) is 10.8. The van der Waals surface area contributed by atoms with Gasteiger partial charge in [-0.25, -0.2) is 4.79 Å². The van der Waals surface area contributed by atoms with E-state index in [1.54, 1.807) is 6.92 Å². The number of nitrogens with one attached hydrogen (secondary N) is 1. The first-order valence-electron chi connectivity index (χ1n) is 6.33. The molecule has 0 aromatic carbocycles. The van der Waals surface area contributed by atoms with Crippen LogP contribution in [0.3, 0.4) is 0 Å². The summed E-state index contributed by atoms with van der Waals surface area (Å²) in [6.07, 6.45) is 2.55. The molecule has 4 nitrogen and oxygen atoms in total. The van der Waals surface area contributed by atoms with E-state index < -0.39 is 17.2 Å². The third kappa shape index (κ3) is 4.17. The van der Waals surface area contributed by atoms with Gasteiger partial charge < -0.3 is 10.1 Å². The van der Waals surface area contributed by atoms with E-state index in [-0.39, 0.29) is 5.78 Å². The van der Waals surface area contributed by atoms with Crippen molar-refractivity contribution in [2.75, 3.05) is 0 Å². The summed E-state index contributed by atoms with van der Waals surface area (Å²) in [7, 11) is 0. The maximum atomic E-state index is 11.8. The van der Waals surface area contributed by atoms with Crippen molar-refractivity contribution in [1.82, 2.24) is 5.32 Å². The predicted molar refractivity (Wildman–Crippen MR) is 70.4 cm³/mol. The fourth-order valence-electron chi connectivity index (χ4n) is 1.93. The molecule has 1 amide bonds. The Morgan fingerprint density at radius 1 is 1.33 bits per heavy atom. The van der Waals surface area contributed by atoms with Crippen molar-refractivity contribution in [3.8, 4) is 0 Å². The van der Waals surface area contributed by atoms with Crippen LogP contribution in [0.4, 0.5) is 4.79 Å². The zero-order chi connectivity index (χ0) is 14.0. The minimum absolute atomic E-state index is 0.00533. The van der Waals surface area contributed by atoms with Crippen molar-refractivity contribution < 1.29 is 14.3 Å². The molecule has 1 aliphatic carbocycles. The summed E-state index contributed by atoms with van der Waals surface area (Å²) in [5, 5.41) is 2.85. The first kappa shape index (κ1) is 14.7. The number of ketones is 1. The molecule has 0 bridgehead atoms. The van der Waals surface area contributed by atoms with Gasteiger partial charge in [0.05, 0.1) is 5.54 Å². The number of carbonyl (C=O) groups is 2. The second-order valence-electron chi connectivity index (χ2n) is 6.14. The van der Waals surface area contributed by atoms with Crippen molar-refractivity contribution in [2.24, 2.45) is 0 Å². The van der Waals surface area contributed by atoms with Gasteiger partial charge in [-0.3, -0.25) is 4.79 Å². The molecule has 0 spiro atoms. The highest BCUT2D eigenvalue weighted by Crippen LogP contribution is 2.36. The molecule has 0 aromatic rings. The van der Waals surface area contributed by atoms with Crippen LogP contribution in [0, 0.1) is 0 Å². The average Bonchev–Trinajstić information content (AvgIpc) is 2.10. The lowest BCUT2D eigenvalue weighted by molar-refractivity contribution is -0.117. The quantitative estimate of drug-likeness (QED) is 0.784. The first-order chi connectivity index (χ1) is 8.14. The summed E-state index contributed by atoms with van der Waals surface area (Å²) < 4.78 is 5.23. The van der Waals surface area contributed by atoms with E-state index in [0.717, 1.165) is 19.3 Å². The zero-order valence-electron chi connectivity index (χ0n) is 11.8. The van der Waals surface area contributed by atoms with E-state index in [0.29, 0.717) is 12.0 Å². The number of hydrogen-bond donors (Lipinski definition) is 1. The highest BCUT2D eigenvalue weighted by molar-refractivity contribution is 5.95. The fraction of sp³-hybridized carbons (Fsp3) is 0.714. The molecule has 1 rings (SSSR count). The summed E-state index contributed by atoms with van der Waals surface area (Å²) in [5.74, 6) is 0.00533. The molecule has 0 radical (unpaired) electrons. The molecule has 0 unspecified atom stereocenters. The molecular formula is C14H23NO3. The maximum absolute atomic E-state index is 11.8. The standard InChI is InChI=1S/C14H23NO3/c1-10(2)11(16)9-14(7-6-8-14)15-12(17)18-13(3,4)5/h1,6-9H2,2-5H3,(H,15,17). The molecule has 0 saturated heterocycles. The van der Waals surface area contributed by atoms with Gasteiger partial charge in [0.25, 0.3) is 0 Å². The topological polar surface area (TPSA) is 55.4 Å². The highest BCUT2D eigenvalue weighted by Gasteiger charge is 2.41. The summed E-state index contributed by atoms with van der Waals surface area (Å²) in [6, 6.07) is 0. The molecule has 0 aliphatic heterocycles. The Bertz CT molecular complexity index is 362. The molecule has 1 fully saturated rings. The van der Waals surface area contributed by atoms with Gasteiger partial charge in [0.15, 0.2) is 5.78 Å². The van der Waals surface area contributed by atoms with E-state index in [4.69, 9.17) is 4.74 Å². The van der Waals surface area contributed by atoms with Crippen molar-refractivity contribution in [1.29, 1.82) is 0 Å². The first-order valence-corrected chi connectivity index (χ1v) is 6.33. The lowest BCUT2D eigenvalue weighted by atomic mass is 9.73. The highest BCUT2D eigenvalue weighted by atomic mass is 16.6. The zero-order valence-corrected chi connectivity index (χ0v) is 11.8. The summed E-state index contributed by atoms with van der Waals surface area (Å²) in [4.78, 5) is 23.5. The van der Waals surface area contributed by atoms with Crippen LogP contribution in [0.1, 0.15) is 53.4 Å². The molecule has 0 heterocycles. The Kier molecular flexibility index (Phi) is 4.20. The number of amides is 1.